The maximum Gasteiger partial charge on any atom is 0.308 e. The number of unbranched alkanes of at least 4 members (excludes halogenated alkanes) is 1. The molecule has 0 saturated heterocycles. The number of guanidine groups is 1. The van der Waals surface area contributed by atoms with E-state index >= 15 is 0 Å². The van der Waals surface area contributed by atoms with Crippen molar-refractivity contribution in [2.45, 2.75) is 57.9 Å². The summed E-state index contributed by atoms with van der Waals surface area (Å²) in [5.41, 5.74) is 1.23. The number of aliphatic imine (C=N–C) groups is 1. The van der Waals surface area contributed by atoms with Crippen LogP contribution in [-0.2, 0) is 16.0 Å². The lowest BCUT2D eigenvalue weighted by Gasteiger charge is -2.29. The lowest BCUT2D eigenvalue weighted by Crippen LogP contribution is -2.45. The molecular weight excluding hydrogens is 372 g/mol. The Labute approximate surface area is 172 Å². The monoisotopic (exact) mass is 404 g/mol. The number of ether oxygens (including phenoxy) is 1. The quantitative estimate of drug-likeness (QED) is 0.163. The molecule has 1 aliphatic carbocycles. The average molecular weight is 405 g/mol. The molecule has 1 aromatic rings. The van der Waals surface area contributed by atoms with Gasteiger partial charge in [-0.3, -0.25) is 19.9 Å². The Bertz CT molecular complexity index is 682. The van der Waals surface area contributed by atoms with Gasteiger partial charge in [0, 0.05) is 31.8 Å². The zero-order valence-corrected chi connectivity index (χ0v) is 17.4. The van der Waals surface area contributed by atoms with Gasteiger partial charge in [0.15, 0.2) is 5.96 Å². The minimum Gasteiger partial charge on any atom is -0.466 e. The minimum atomic E-state index is -0.379. The molecular formula is C21H32N4O4. The normalized spacial score (nSPS) is 19.4. The van der Waals surface area contributed by atoms with Gasteiger partial charge in [-0.1, -0.05) is 12.1 Å². The molecule has 2 rings (SSSR count). The van der Waals surface area contributed by atoms with E-state index in [4.69, 9.17) is 4.74 Å². The predicted octanol–water partition coefficient (Wildman–Crippen LogP) is 3.20. The molecule has 1 fully saturated rings. The first-order valence-electron chi connectivity index (χ1n) is 10.4. The van der Waals surface area contributed by atoms with Gasteiger partial charge in [0.25, 0.3) is 5.69 Å². The number of nitrogens with one attached hydrogen (secondary N) is 2. The second-order valence-corrected chi connectivity index (χ2v) is 7.32. The van der Waals surface area contributed by atoms with Crippen LogP contribution in [0.1, 0.15) is 51.0 Å². The van der Waals surface area contributed by atoms with Crippen LogP contribution in [0.4, 0.5) is 5.69 Å². The van der Waals surface area contributed by atoms with Crippen molar-refractivity contribution < 1.29 is 14.5 Å². The standard InChI is InChI=1S/C21H32N4O4/c1-3-29-20(26)17-9-11-18(12-10-17)24-21(22-2)23-15-5-4-6-16-7-13-19(14-8-16)25(27)28/h7-8,13-14,17-18H,3-6,9-12,15H2,1-2H3,(H2,22,23,24). The Kier molecular flexibility index (Phi) is 9.40. The summed E-state index contributed by atoms with van der Waals surface area (Å²) in [6.45, 7) is 3.09. The van der Waals surface area contributed by atoms with Gasteiger partial charge in [0.2, 0.25) is 0 Å². The fourth-order valence-electron chi connectivity index (χ4n) is 3.57. The Morgan fingerprint density at radius 1 is 1.21 bits per heavy atom. The number of non-ortho nitro benzene ring substituents is 1. The van der Waals surface area contributed by atoms with Crippen molar-refractivity contribution in [2.75, 3.05) is 20.2 Å². The molecule has 8 heteroatoms. The number of benzene rings is 1. The Balaban J connectivity index is 1.62. The number of rotatable bonds is 9. The number of hydrogen-bond acceptors (Lipinski definition) is 5. The van der Waals surface area contributed by atoms with Crippen LogP contribution in [0.3, 0.4) is 0 Å². The van der Waals surface area contributed by atoms with Crippen molar-refractivity contribution in [2.24, 2.45) is 10.9 Å². The molecule has 2 N–H and O–H groups in total. The van der Waals surface area contributed by atoms with Gasteiger partial charge in [-0.05, 0) is 57.4 Å². The number of carbonyl (C=O) groups excluding carboxylic acids is 1. The molecule has 160 valence electrons. The van der Waals surface area contributed by atoms with Gasteiger partial charge in [0.05, 0.1) is 17.4 Å². The summed E-state index contributed by atoms with van der Waals surface area (Å²) in [4.78, 5) is 26.4. The summed E-state index contributed by atoms with van der Waals surface area (Å²) < 4.78 is 5.12. The zero-order valence-electron chi connectivity index (χ0n) is 17.4. The highest BCUT2D eigenvalue weighted by molar-refractivity contribution is 5.80. The number of aryl methyl sites for hydroxylation is 1. The van der Waals surface area contributed by atoms with E-state index in [1.54, 1.807) is 19.2 Å². The van der Waals surface area contributed by atoms with E-state index in [9.17, 15) is 14.9 Å². The highest BCUT2D eigenvalue weighted by Gasteiger charge is 2.27. The summed E-state index contributed by atoms with van der Waals surface area (Å²) in [7, 11) is 1.76. The van der Waals surface area contributed by atoms with Crippen LogP contribution in [0.2, 0.25) is 0 Å². The van der Waals surface area contributed by atoms with Gasteiger partial charge >= 0.3 is 5.97 Å². The van der Waals surface area contributed by atoms with Crippen molar-refractivity contribution in [3.8, 4) is 0 Å². The van der Waals surface area contributed by atoms with Crippen LogP contribution in [0.5, 0.6) is 0 Å². The van der Waals surface area contributed by atoms with Crippen molar-refractivity contribution in [3.63, 3.8) is 0 Å². The van der Waals surface area contributed by atoms with Gasteiger partial charge < -0.3 is 15.4 Å². The molecule has 0 aromatic heterocycles. The average Bonchev–Trinajstić information content (AvgIpc) is 2.73. The highest BCUT2D eigenvalue weighted by atomic mass is 16.6. The van der Waals surface area contributed by atoms with Gasteiger partial charge in [-0.2, -0.15) is 0 Å². The Morgan fingerprint density at radius 2 is 1.90 bits per heavy atom. The van der Waals surface area contributed by atoms with Crippen molar-refractivity contribution >= 4 is 17.6 Å². The highest BCUT2D eigenvalue weighted by Crippen LogP contribution is 2.25. The Morgan fingerprint density at radius 3 is 2.48 bits per heavy atom. The molecule has 0 aliphatic heterocycles. The van der Waals surface area contributed by atoms with E-state index < -0.39 is 0 Å². The van der Waals surface area contributed by atoms with Crippen molar-refractivity contribution in [1.29, 1.82) is 0 Å². The van der Waals surface area contributed by atoms with Crippen LogP contribution >= 0.6 is 0 Å². The molecule has 0 unspecified atom stereocenters. The summed E-state index contributed by atoms with van der Waals surface area (Å²) >= 11 is 0. The molecule has 1 saturated carbocycles. The summed E-state index contributed by atoms with van der Waals surface area (Å²) in [5, 5.41) is 17.5. The maximum absolute atomic E-state index is 11.8. The molecule has 8 nitrogen and oxygen atoms in total. The van der Waals surface area contributed by atoms with E-state index in [0.29, 0.717) is 12.6 Å². The fraction of sp³-hybridized carbons (Fsp3) is 0.619. The molecule has 0 radical (unpaired) electrons. The third-order valence-electron chi connectivity index (χ3n) is 5.24. The van der Waals surface area contributed by atoms with E-state index in [1.807, 2.05) is 19.1 Å². The van der Waals surface area contributed by atoms with Crippen LogP contribution in [0.25, 0.3) is 0 Å². The Hall–Kier alpha value is -2.64. The van der Waals surface area contributed by atoms with Crippen molar-refractivity contribution in [1.82, 2.24) is 10.6 Å². The second kappa shape index (κ2) is 12.0. The lowest BCUT2D eigenvalue weighted by atomic mass is 9.86. The fourth-order valence-corrected chi connectivity index (χ4v) is 3.57. The first kappa shape index (κ1) is 22.6. The smallest absolute Gasteiger partial charge is 0.308 e. The van der Waals surface area contributed by atoms with E-state index in [2.05, 4.69) is 15.6 Å². The number of nitro benzene ring substituents is 1. The molecule has 1 aromatic carbocycles. The van der Waals surface area contributed by atoms with Gasteiger partial charge in [-0.25, -0.2) is 0 Å². The van der Waals surface area contributed by atoms with Crippen LogP contribution in [0, 0.1) is 16.0 Å². The lowest BCUT2D eigenvalue weighted by molar-refractivity contribution is -0.384. The van der Waals surface area contributed by atoms with E-state index in [-0.39, 0.29) is 22.5 Å². The molecule has 0 heterocycles. The number of nitro groups is 1. The topological polar surface area (TPSA) is 106 Å². The largest absolute Gasteiger partial charge is 0.466 e. The number of esters is 1. The predicted molar refractivity (Wildman–Crippen MR) is 113 cm³/mol. The molecule has 0 atom stereocenters. The first-order valence-corrected chi connectivity index (χ1v) is 10.4. The van der Waals surface area contributed by atoms with E-state index in [0.717, 1.165) is 63.0 Å². The van der Waals surface area contributed by atoms with Gasteiger partial charge in [0.1, 0.15) is 0 Å². The first-order chi connectivity index (χ1) is 14.0. The molecule has 29 heavy (non-hydrogen) atoms. The number of carbonyl (C=O) groups is 1. The van der Waals surface area contributed by atoms with Crippen LogP contribution in [-0.4, -0.2) is 43.1 Å². The third-order valence-corrected chi connectivity index (χ3v) is 5.24. The van der Waals surface area contributed by atoms with Gasteiger partial charge in [-0.15, -0.1) is 0 Å². The SMILES string of the molecule is CCOC(=O)C1CCC(NC(=NC)NCCCCc2ccc([N+](=O)[O-])cc2)CC1. The number of hydrogen-bond donors (Lipinski definition) is 2. The van der Waals surface area contributed by atoms with Crippen LogP contribution < -0.4 is 10.6 Å². The zero-order chi connectivity index (χ0) is 21.1. The van der Waals surface area contributed by atoms with E-state index in [1.165, 1.54) is 0 Å². The molecule has 0 amide bonds. The number of nitrogens with zero attached hydrogens (tertiary/aromatic N) is 2. The summed E-state index contributed by atoms with van der Waals surface area (Å²) in [5.74, 6) is 0.754. The minimum absolute atomic E-state index is 0.0300. The summed E-state index contributed by atoms with van der Waals surface area (Å²) in [6, 6.07) is 7.07. The molecule has 0 bridgehead atoms. The molecule has 0 spiro atoms. The van der Waals surface area contributed by atoms with Crippen molar-refractivity contribution in [3.05, 3.63) is 39.9 Å². The maximum atomic E-state index is 11.8. The third kappa shape index (κ3) is 7.71. The van der Waals surface area contributed by atoms with Crippen LogP contribution in [0.15, 0.2) is 29.3 Å². The molecule has 1 aliphatic rings. The summed E-state index contributed by atoms with van der Waals surface area (Å²) in [6.07, 6.45) is 6.43. The second-order valence-electron chi connectivity index (χ2n) is 7.32.